The molecule has 0 aliphatic heterocycles. The van der Waals surface area contributed by atoms with Crippen molar-refractivity contribution in [3.05, 3.63) is 29.6 Å². The normalized spacial score (nSPS) is 15.8. The van der Waals surface area contributed by atoms with E-state index in [1.165, 1.54) is 6.07 Å². The Labute approximate surface area is 127 Å². The van der Waals surface area contributed by atoms with Crippen LogP contribution in [0.2, 0.25) is 0 Å². The van der Waals surface area contributed by atoms with Gasteiger partial charge in [-0.25, -0.2) is 4.39 Å². The molecule has 0 aliphatic rings. The Bertz CT molecular complexity index is 446. The van der Waals surface area contributed by atoms with Crippen LogP contribution in [0.3, 0.4) is 0 Å². The molecule has 0 saturated carbocycles. The van der Waals surface area contributed by atoms with Gasteiger partial charge in [0.1, 0.15) is 6.61 Å². The van der Waals surface area contributed by atoms with Gasteiger partial charge in [0.05, 0.1) is 5.60 Å². The first kappa shape index (κ1) is 17.9. The van der Waals surface area contributed by atoms with Gasteiger partial charge in [-0.3, -0.25) is 0 Å². The van der Waals surface area contributed by atoms with Crippen LogP contribution in [-0.2, 0) is 0 Å². The van der Waals surface area contributed by atoms with E-state index in [0.717, 1.165) is 18.5 Å². The predicted octanol–water partition coefficient (Wildman–Crippen LogP) is 3.67. The first-order valence-corrected chi connectivity index (χ1v) is 7.66. The Morgan fingerprint density at radius 2 is 2.00 bits per heavy atom. The summed E-state index contributed by atoms with van der Waals surface area (Å²) in [6.07, 6.45) is 1.04. The van der Waals surface area contributed by atoms with E-state index in [9.17, 15) is 9.50 Å². The van der Waals surface area contributed by atoms with E-state index in [2.05, 4.69) is 12.2 Å². The third-order valence-corrected chi connectivity index (χ3v) is 3.92. The Morgan fingerprint density at radius 1 is 1.33 bits per heavy atom. The van der Waals surface area contributed by atoms with E-state index in [-0.39, 0.29) is 24.3 Å². The molecule has 21 heavy (non-hydrogen) atoms. The van der Waals surface area contributed by atoms with Crippen LogP contribution in [-0.4, -0.2) is 23.9 Å². The van der Waals surface area contributed by atoms with Crippen molar-refractivity contribution >= 4 is 0 Å². The van der Waals surface area contributed by atoms with Gasteiger partial charge in [0.25, 0.3) is 0 Å². The van der Waals surface area contributed by atoms with Crippen molar-refractivity contribution in [1.29, 1.82) is 0 Å². The summed E-state index contributed by atoms with van der Waals surface area (Å²) in [7, 11) is 0. The third kappa shape index (κ3) is 5.29. The molecule has 3 nitrogen and oxygen atoms in total. The summed E-state index contributed by atoms with van der Waals surface area (Å²) in [6, 6.07) is 5.08. The molecule has 0 fully saturated rings. The average Bonchev–Trinajstić information content (AvgIpc) is 2.43. The van der Waals surface area contributed by atoms with Gasteiger partial charge in [0.2, 0.25) is 0 Å². The second-order valence-electron chi connectivity index (χ2n) is 6.17. The van der Waals surface area contributed by atoms with Crippen molar-refractivity contribution < 1.29 is 14.2 Å². The number of hydrogen-bond donors (Lipinski definition) is 2. The van der Waals surface area contributed by atoms with E-state index in [1.807, 2.05) is 26.8 Å². The lowest BCUT2D eigenvalue weighted by atomic mass is 9.94. The summed E-state index contributed by atoms with van der Waals surface area (Å²) in [5, 5.41) is 13.4. The minimum Gasteiger partial charge on any atom is -0.488 e. The molecule has 0 radical (unpaired) electrons. The third-order valence-electron chi connectivity index (χ3n) is 3.92. The summed E-state index contributed by atoms with van der Waals surface area (Å²) in [4.78, 5) is 0. The van der Waals surface area contributed by atoms with Gasteiger partial charge in [-0.2, -0.15) is 0 Å². The molecule has 2 atom stereocenters. The molecule has 1 rings (SSSR count). The SMILES string of the molecule is CCCNC(C)c1ccc(OCC(C)(O)C(C)C)c(F)c1. The highest BCUT2D eigenvalue weighted by Gasteiger charge is 2.26. The predicted molar refractivity (Wildman–Crippen MR) is 84.1 cm³/mol. The van der Waals surface area contributed by atoms with Crippen LogP contribution >= 0.6 is 0 Å². The molecule has 0 saturated heterocycles. The van der Waals surface area contributed by atoms with Crippen LogP contribution in [0.4, 0.5) is 4.39 Å². The van der Waals surface area contributed by atoms with E-state index in [4.69, 9.17) is 4.74 Å². The van der Waals surface area contributed by atoms with Crippen LogP contribution in [0, 0.1) is 11.7 Å². The van der Waals surface area contributed by atoms with Gasteiger partial charge in [-0.1, -0.05) is 26.8 Å². The second kappa shape index (κ2) is 7.76. The van der Waals surface area contributed by atoms with Crippen LogP contribution in [0.15, 0.2) is 18.2 Å². The molecule has 0 amide bonds. The molecule has 4 heteroatoms. The molecular formula is C17H28FNO2. The van der Waals surface area contributed by atoms with Crippen LogP contribution in [0.25, 0.3) is 0 Å². The topological polar surface area (TPSA) is 41.5 Å². The highest BCUT2D eigenvalue weighted by atomic mass is 19.1. The number of halogens is 1. The first-order chi connectivity index (χ1) is 9.77. The highest BCUT2D eigenvalue weighted by molar-refractivity contribution is 5.31. The first-order valence-electron chi connectivity index (χ1n) is 7.66. The lowest BCUT2D eigenvalue weighted by Gasteiger charge is -2.27. The van der Waals surface area contributed by atoms with Crippen molar-refractivity contribution in [2.45, 2.75) is 52.7 Å². The number of rotatable bonds is 8. The summed E-state index contributed by atoms with van der Waals surface area (Å²) in [5.74, 6) is -0.169. The molecule has 2 N–H and O–H groups in total. The van der Waals surface area contributed by atoms with Gasteiger partial charge >= 0.3 is 0 Å². The fourth-order valence-electron chi connectivity index (χ4n) is 1.77. The molecular weight excluding hydrogens is 269 g/mol. The highest BCUT2D eigenvalue weighted by Crippen LogP contribution is 2.24. The van der Waals surface area contributed by atoms with Crippen molar-refractivity contribution in [3.8, 4) is 5.75 Å². The monoisotopic (exact) mass is 297 g/mol. The zero-order valence-electron chi connectivity index (χ0n) is 13.7. The molecule has 0 aliphatic carbocycles. The number of hydrogen-bond acceptors (Lipinski definition) is 3. The van der Waals surface area contributed by atoms with Crippen LogP contribution in [0.1, 0.15) is 52.6 Å². The molecule has 1 aromatic carbocycles. The van der Waals surface area contributed by atoms with Crippen LogP contribution in [0.5, 0.6) is 5.75 Å². The summed E-state index contributed by atoms with van der Waals surface area (Å²) < 4.78 is 19.5. The van der Waals surface area contributed by atoms with Gasteiger partial charge < -0.3 is 15.2 Å². The minimum absolute atomic E-state index is 0.0399. The van der Waals surface area contributed by atoms with Gasteiger partial charge in [-0.05, 0) is 50.4 Å². The van der Waals surface area contributed by atoms with Crippen molar-refractivity contribution in [1.82, 2.24) is 5.32 Å². The van der Waals surface area contributed by atoms with E-state index >= 15 is 0 Å². The second-order valence-corrected chi connectivity index (χ2v) is 6.17. The summed E-state index contributed by atoms with van der Waals surface area (Å²) in [5.41, 5.74) is -0.0786. The van der Waals surface area contributed by atoms with Crippen LogP contribution < -0.4 is 10.1 Å². The molecule has 0 bridgehead atoms. The van der Waals surface area contributed by atoms with Gasteiger partial charge in [0.15, 0.2) is 11.6 Å². The zero-order chi connectivity index (χ0) is 16.0. The molecule has 0 spiro atoms. The molecule has 0 heterocycles. The number of ether oxygens (including phenoxy) is 1. The van der Waals surface area contributed by atoms with Crippen molar-refractivity contribution in [2.24, 2.45) is 5.92 Å². The fourth-order valence-corrected chi connectivity index (χ4v) is 1.77. The Morgan fingerprint density at radius 3 is 2.52 bits per heavy atom. The maximum atomic E-state index is 14.1. The maximum absolute atomic E-state index is 14.1. The number of nitrogens with one attached hydrogen (secondary N) is 1. The van der Waals surface area contributed by atoms with E-state index < -0.39 is 11.4 Å². The quantitative estimate of drug-likeness (QED) is 0.769. The maximum Gasteiger partial charge on any atom is 0.165 e. The Balaban J connectivity index is 2.70. The molecule has 0 aromatic heterocycles. The Hall–Kier alpha value is -1.13. The number of benzene rings is 1. The molecule has 120 valence electrons. The lowest BCUT2D eigenvalue weighted by Crippen LogP contribution is -2.37. The molecule has 2 unspecified atom stereocenters. The van der Waals surface area contributed by atoms with Crippen molar-refractivity contribution in [3.63, 3.8) is 0 Å². The lowest BCUT2D eigenvalue weighted by molar-refractivity contribution is -0.0275. The smallest absolute Gasteiger partial charge is 0.165 e. The standard InChI is InChI=1S/C17H28FNO2/c1-6-9-19-13(4)14-7-8-16(15(18)10-14)21-11-17(5,20)12(2)3/h7-8,10,12-13,19-20H,6,9,11H2,1-5H3. The van der Waals surface area contributed by atoms with Gasteiger partial charge in [-0.15, -0.1) is 0 Å². The van der Waals surface area contributed by atoms with E-state index in [1.54, 1.807) is 13.0 Å². The van der Waals surface area contributed by atoms with E-state index in [0.29, 0.717) is 0 Å². The summed E-state index contributed by atoms with van der Waals surface area (Å²) in [6.45, 7) is 10.6. The average molecular weight is 297 g/mol. The fraction of sp³-hybridized carbons (Fsp3) is 0.647. The van der Waals surface area contributed by atoms with Gasteiger partial charge in [0, 0.05) is 6.04 Å². The largest absolute Gasteiger partial charge is 0.488 e. The zero-order valence-corrected chi connectivity index (χ0v) is 13.7. The van der Waals surface area contributed by atoms with Crippen molar-refractivity contribution in [2.75, 3.05) is 13.2 Å². The Kier molecular flexibility index (Phi) is 6.62. The minimum atomic E-state index is -0.971. The summed E-state index contributed by atoms with van der Waals surface area (Å²) >= 11 is 0. The number of aliphatic hydroxyl groups is 1. The molecule has 1 aromatic rings.